The number of hydrogen-bond donors (Lipinski definition) is 0. The van der Waals surface area contributed by atoms with Crippen LogP contribution in [0, 0.1) is 0 Å². The number of aromatic nitrogens is 3. The number of fused-ring (bicyclic) bond motifs is 1. The molecule has 2 aliphatic heterocycles. The largest absolute Gasteiger partial charge is 0.496 e. The summed E-state index contributed by atoms with van der Waals surface area (Å²) in [6.45, 7) is 9.61. The van der Waals surface area contributed by atoms with Crippen molar-refractivity contribution in [1.82, 2.24) is 14.8 Å². The van der Waals surface area contributed by atoms with E-state index in [0.29, 0.717) is 19.3 Å². The molecule has 2 aromatic heterocycles. The van der Waals surface area contributed by atoms with Crippen molar-refractivity contribution < 1.29 is 14.0 Å². The van der Waals surface area contributed by atoms with Crippen molar-refractivity contribution in [2.24, 2.45) is 0 Å². The molecule has 4 rings (SSSR count). The fraction of sp³-hybridized carbons (Fsp3) is 0.600. The first-order chi connectivity index (χ1) is 10.4. The lowest BCUT2D eigenvalue weighted by Crippen LogP contribution is -2.41. The number of pyridine rings is 1. The maximum atomic E-state index is 6.08. The van der Waals surface area contributed by atoms with Crippen LogP contribution in [-0.4, -0.2) is 46.3 Å². The Hall–Kier alpha value is -1.44. The van der Waals surface area contributed by atoms with Gasteiger partial charge < -0.3 is 14.0 Å². The first-order valence-electron chi connectivity index (χ1n) is 7.64. The summed E-state index contributed by atoms with van der Waals surface area (Å²) >= 11 is 0. The van der Waals surface area contributed by atoms with Gasteiger partial charge in [-0.1, -0.05) is 0 Å². The second-order valence-corrected chi connectivity index (χ2v) is 7.05. The molecule has 6 nitrogen and oxygen atoms in total. The van der Waals surface area contributed by atoms with Gasteiger partial charge in [0.15, 0.2) is 5.65 Å². The van der Waals surface area contributed by atoms with E-state index in [0.717, 1.165) is 16.5 Å². The molecule has 0 amide bonds. The highest BCUT2D eigenvalue weighted by molar-refractivity contribution is 6.62. The van der Waals surface area contributed by atoms with E-state index in [1.54, 1.807) is 0 Å². The molecule has 0 spiro atoms. The Morgan fingerprint density at radius 1 is 1.14 bits per heavy atom. The Morgan fingerprint density at radius 3 is 2.41 bits per heavy atom. The van der Waals surface area contributed by atoms with Crippen molar-refractivity contribution in [1.29, 1.82) is 0 Å². The van der Waals surface area contributed by atoms with Crippen molar-refractivity contribution in [3.05, 3.63) is 18.5 Å². The molecule has 7 heteroatoms. The lowest BCUT2D eigenvalue weighted by atomic mass is 9.80. The lowest BCUT2D eigenvalue weighted by Gasteiger charge is -2.32. The molecule has 0 aliphatic carbocycles. The molecule has 0 atom stereocenters. The minimum absolute atomic E-state index is 0.299. The smallest absolute Gasteiger partial charge is 0.399 e. The van der Waals surface area contributed by atoms with E-state index in [1.807, 2.05) is 50.8 Å². The van der Waals surface area contributed by atoms with E-state index in [4.69, 9.17) is 14.0 Å². The van der Waals surface area contributed by atoms with E-state index >= 15 is 0 Å². The zero-order chi connectivity index (χ0) is 15.5. The second kappa shape index (κ2) is 4.53. The van der Waals surface area contributed by atoms with E-state index < -0.39 is 7.12 Å². The third-order valence-corrected chi connectivity index (χ3v) is 4.95. The fourth-order valence-electron chi connectivity index (χ4n) is 2.70. The van der Waals surface area contributed by atoms with Crippen LogP contribution in [0.15, 0.2) is 18.5 Å². The summed E-state index contributed by atoms with van der Waals surface area (Å²) in [7, 11) is -0.391. The summed E-state index contributed by atoms with van der Waals surface area (Å²) in [6, 6.07) is 2.35. The first kappa shape index (κ1) is 14.2. The monoisotopic (exact) mass is 301 g/mol. The molecule has 0 aromatic carbocycles. The molecule has 4 heterocycles. The molecular weight excluding hydrogens is 281 g/mol. The van der Waals surface area contributed by atoms with Gasteiger partial charge in [0.1, 0.15) is 6.04 Å². The highest BCUT2D eigenvalue weighted by Crippen LogP contribution is 2.36. The minimum Gasteiger partial charge on any atom is -0.399 e. The van der Waals surface area contributed by atoms with E-state index in [-0.39, 0.29) is 11.2 Å². The Morgan fingerprint density at radius 2 is 1.82 bits per heavy atom. The average Bonchev–Trinajstić information content (AvgIpc) is 2.87. The molecular formula is C15H20BN3O3. The predicted molar refractivity (Wildman–Crippen MR) is 83.1 cm³/mol. The van der Waals surface area contributed by atoms with Crippen molar-refractivity contribution in [2.75, 3.05) is 13.2 Å². The molecule has 2 aromatic rings. The van der Waals surface area contributed by atoms with Crippen LogP contribution in [-0.2, 0) is 14.0 Å². The molecule has 0 N–H and O–H groups in total. The maximum Gasteiger partial charge on any atom is 0.496 e. The van der Waals surface area contributed by atoms with Gasteiger partial charge in [-0.25, -0.2) is 9.67 Å². The third kappa shape index (κ3) is 2.00. The summed E-state index contributed by atoms with van der Waals surface area (Å²) in [5, 5.41) is 5.43. The number of hydrogen-bond acceptors (Lipinski definition) is 5. The molecule has 2 saturated heterocycles. The van der Waals surface area contributed by atoms with Crippen LogP contribution in [0.2, 0.25) is 0 Å². The van der Waals surface area contributed by atoms with Gasteiger partial charge in [-0.15, -0.1) is 0 Å². The van der Waals surface area contributed by atoms with Gasteiger partial charge in [0.05, 0.1) is 30.6 Å². The summed E-state index contributed by atoms with van der Waals surface area (Å²) in [6.07, 6.45) is 3.66. The molecule has 0 unspecified atom stereocenters. The second-order valence-electron chi connectivity index (χ2n) is 7.05. The number of rotatable bonds is 2. The van der Waals surface area contributed by atoms with E-state index in [2.05, 4.69) is 10.1 Å². The van der Waals surface area contributed by atoms with Crippen LogP contribution < -0.4 is 5.46 Å². The normalized spacial score (nSPS) is 23.9. The topological polar surface area (TPSA) is 58.4 Å². The van der Waals surface area contributed by atoms with Crippen LogP contribution in [0.1, 0.15) is 33.7 Å². The summed E-state index contributed by atoms with van der Waals surface area (Å²) < 4.78 is 19.3. The molecule has 0 saturated carbocycles. The highest BCUT2D eigenvalue weighted by Gasteiger charge is 2.51. The van der Waals surface area contributed by atoms with Crippen molar-refractivity contribution in [3.8, 4) is 0 Å². The molecule has 2 fully saturated rings. The maximum absolute atomic E-state index is 6.08. The lowest BCUT2D eigenvalue weighted by molar-refractivity contribution is -0.0269. The van der Waals surface area contributed by atoms with Crippen molar-refractivity contribution in [3.63, 3.8) is 0 Å². The van der Waals surface area contributed by atoms with Crippen LogP contribution in [0.25, 0.3) is 11.0 Å². The van der Waals surface area contributed by atoms with Crippen LogP contribution in [0.3, 0.4) is 0 Å². The molecule has 0 radical (unpaired) electrons. The summed E-state index contributed by atoms with van der Waals surface area (Å²) in [5.41, 5.74) is 1.12. The molecule has 0 bridgehead atoms. The Kier molecular flexibility index (Phi) is 2.92. The number of nitrogens with zero attached hydrogens (tertiary/aromatic N) is 3. The fourth-order valence-corrected chi connectivity index (χ4v) is 2.70. The molecule has 2 aliphatic rings. The van der Waals surface area contributed by atoms with Gasteiger partial charge in [0.2, 0.25) is 0 Å². The summed E-state index contributed by atoms with van der Waals surface area (Å²) in [5.74, 6) is 0. The zero-order valence-corrected chi connectivity index (χ0v) is 13.4. The Bertz CT molecular complexity index is 708. The summed E-state index contributed by atoms with van der Waals surface area (Å²) in [4.78, 5) is 4.57. The van der Waals surface area contributed by atoms with Crippen molar-refractivity contribution in [2.45, 2.75) is 44.9 Å². The average molecular weight is 301 g/mol. The van der Waals surface area contributed by atoms with Gasteiger partial charge in [-0.3, -0.25) is 0 Å². The van der Waals surface area contributed by atoms with Gasteiger partial charge in [-0.2, -0.15) is 5.10 Å². The standard InChI is InChI=1S/C15H20BN3O3/c1-14(2)15(3,4)22-16(21-14)11-5-10-6-18-19(12-8-20-9-12)13(10)17-7-11/h5-7,12H,8-9H2,1-4H3. The SMILES string of the molecule is CC1(C)OB(c2cnc3c(cnn3C3COC3)c2)OC1(C)C. The molecule has 116 valence electrons. The Labute approximate surface area is 129 Å². The Balaban J connectivity index is 1.66. The van der Waals surface area contributed by atoms with Crippen LogP contribution >= 0.6 is 0 Å². The highest BCUT2D eigenvalue weighted by atomic mass is 16.7. The first-order valence-corrected chi connectivity index (χ1v) is 7.64. The van der Waals surface area contributed by atoms with Crippen LogP contribution in [0.4, 0.5) is 0 Å². The van der Waals surface area contributed by atoms with E-state index in [9.17, 15) is 0 Å². The molecule has 22 heavy (non-hydrogen) atoms. The van der Waals surface area contributed by atoms with Gasteiger partial charge >= 0.3 is 7.12 Å². The van der Waals surface area contributed by atoms with Crippen molar-refractivity contribution >= 4 is 23.6 Å². The van der Waals surface area contributed by atoms with E-state index in [1.165, 1.54) is 0 Å². The predicted octanol–water partition coefficient (Wildman–Crippen LogP) is 1.30. The van der Waals surface area contributed by atoms with Gasteiger partial charge in [-0.05, 0) is 33.8 Å². The van der Waals surface area contributed by atoms with Gasteiger partial charge in [0, 0.05) is 17.0 Å². The van der Waals surface area contributed by atoms with Gasteiger partial charge in [0.25, 0.3) is 0 Å². The quantitative estimate of drug-likeness (QED) is 0.783. The third-order valence-electron chi connectivity index (χ3n) is 4.95. The number of ether oxygens (including phenoxy) is 1. The zero-order valence-electron chi connectivity index (χ0n) is 13.4. The minimum atomic E-state index is -0.391. The van der Waals surface area contributed by atoms with Crippen LogP contribution in [0.5, 0.6) is 0 Å².